The lowest BCUT2D eigenvalue weighted by Crippen LogP contribution is -2.33. The second kappa shape index (κ2) is 3.62. The van der Waals surface area contributed by atoms with Crippen LogP contribution in [0.2, 0.25) is 0 Å². The Balaban J connectivity index is 1.96. The van der Waals surface area contributed by atoms with E-state index in [1.165, 1.54) is 6.20 Å². The molecule has 0 aliphatic heterocycles. The first kappa shape index (κ1) is 10.1. The summed E-state index contributed by atoms with van der Waals surface area (Å²) < 4.78 is 0. The minimum atomic E-state index is -0.206. The molecule has 1 fully saturated rings. The molecule has 6 nitrogen and oxygen atoms in total. The van der Waals surface area contributed by atoms with Gasteiger partial charge in [0.05, 0.1) is 11.6 Å². The summed E-state index contributed by atoms with van der Waals surface area (Å²) in [4.78, 5) is 13.9. The van der Waals surface area contributed by atoms with E-state index in [2.05, 4.69) is 20.7 Å². The van der Waals surface area contributed by atoms with Crippen LogP contribution >= 0.6 is 0 Å². The number of aromatic amines is 1. The summed E-state index contributed by atoms with van der Waals surface area (Å²) in [7, 11) is 3.95. The van der Waals surface area contributed by atoms with Crippen LogP contribution < -0.4 is 5.32 Å². The van der Waals surface area contributed by atoms with Gasteiger partial charge >= 0.3 is 0 Å². The number of anilines is 1. The Labute approximate surface area is 88.0 Å². The van der Waals surface area contributed by atoms with Gasteiger partial charge in [0.1, 0.15) is 0 Å². The molecule has 0 bridgehead atoms. The minimum absolute atomic E-state index is 0.0464. The number of nitrogens with one attached hydrogen (secondary N) is 2. The van der Waals surface area contributed by atoms with Crippen molar-refractivity contribution in [2.75, 3.05) is 26.0 Å². The first-order valence-corrected chi connectivity index (χ1v) is 4.94. The Bertz CT molecular complexity index is 341. The number of rotatable bonds is 4. The maximum absolute atomic E-state index is 11.9. The van der Waals surface area contributed by atoms with Crippen molar-refractivity contribution in [3.63, 3.8) is 0 Å². The lowest BCUT2D eigenvalue weighted by molar-refractivity contribution is -0.121. The zero-order chi connectivity index (χ0) is 10.9. The molecule has 15 heavy (non-hydrogen) atoms. The molecule has 1 amide bonds. The van der Waals surface area contributed by atoms with E-state index in [0.717, 1.165) is 19.4 Å². The van der Waals surface area contributed by atoms with Crippen molar-refractivity contribution < 1.29 is 4.79 Å². The highest BCUT2D eigenvalue weighted by Crippen LogP contribution is 2.46. The van der Waals surface area contributed by atoms with Gasteiger partial charge in [0.2, 0.25) is 5.91 Å². The molecule has 2 N–H and O–H groups in total. The summed E-state index contributed by atoms with van der Waals surface area (Å²) in [5, 5.41) is 12.7. The third-order valence-electron chi connectivity index (χ3n) is 2.61. The molecule has 0 radical (unpaired) electrons. The van der Waals surface area contributed by atoms with Crippen molar-refractivity contribution in [1.82, 2.24) is 20.3 Å². The molecule has 0 unspecified atom stereocenters. The number of carbonyl (C=O) groups excluding carboxylic acids is 1. The molecule has 82 valence electrons. The van der Waals surface area contributed by atoms with Crippen molar-refractivity contribution >= 4 is 11.7 Å². The third kappa shape index (κ3) is 2.15. The van der Waals surface area contributed by atoms with E-state index in [-0.39, 0.29) is 11.3 Å². The van der Waals surface area contributed by atoms with Gasteiger partial charge in [-0.3, -0.25) is 4.79 Å². The zero-order valence-electron chi connectivity index (χ0n) is 8.95. The van der Waals surface area contributed by atoms with Crippen molar-refractivity contribution in [2.45, 2.75) is 12.8 Å². The molecule has 1 aliphatic rings. The normalized spacial score (nSPS) is 17.8. The first-order chi connectivity index (χ1) is 7.12. The number of amides is 1. The van der Waals surface area contributed by atoms with E-state index in [9.17, 15) is 4.79 Å². The fourth-order valence-corrected chi connectivity index (χ4v) is 1.72. The highest BCUT2D eigenvalue weighted by Gasteiger charge is 2.50. The molecule has 6 heteroatoms. The lowest BCUT2D eigenvalue weighted by Gasteiger charge is -2.18. The highest BCUT2D eigenvalue weighted by atomic mass is 16.2. The number of aromatic nitrogens is 3. The molecule has 1 aromatic rings. The number of carbonyl (C=O) groups is 1. The SMILES string of the molecule is CN(C)CC1(C(=O)Nc2cn[nH]n2)CC1. The number of hydrogen-bond donors (Lipinski definition) is 2. The molecular formula is C9H15N5O. The van der Waals surface area contributed by atoms with Crippen LogP contribution in [0.25, 0.3) is 0 Å². The molecule has 1 saturated carbocycles. The largest absolute Gasteiger partial charge is 0.308 e. The number of nitrogens with zero attached hydrogens (tertiary/aromatic N) is 3. The smallest absolute Gasteiger partial charge is 0.233 e. The second-order valence-corrected chi connectivity index (χ2v) is 4.33. The monoisotopic (exact) mass is 209 g/mol. The van der Waals surface area contributed by atoms with Crippen LogP contribution in [0.5, 0.6) is 0 Å². The van der Waals surface area contributed by atoms with Gasteiger partial charge in [0, 0.05) is 6.54 Å². The predicted octanol–water partition coefficient (Wildman–Crippen LogP) is 0.0850. The maximum atomic E-state index is 11.9. The summed E-state index contributed by atoms with van der Waals surface area (Å²) in [6.07, 6.45) is 3.41. The highest BCUT2D eigenvalue weighted by molar-refractivity contribution is 5.96. The average Bonchev–Trinajstić information content (AvgIpc) is 2.75. The van der Waals surface area contributed by atoms with Crippen LogP contribution in [0, 0.1) is 5.41 Å². The van der Waals surface area contributed by atoms with E-state index >= 15 is 0 Å². The van der Waals surface area contributed by atoms with Gasteiger partial charge in [-0.25, -0.2) is 0 Å². The molecule has 1 aliphatic carbocycles. The molecule has 2 rings (SSSR count). The fraction of sp³-hybridized carbons (Fsp3) is 0.667. The van der Waals surface area contributed by atoms with E-state index in [4.69, 9.17) is 0 Å². The van der Waals surface area contributed by atoms with Gasteiger partial charge in [0.25, 0.3) is 0 Å². The first-order valence-electron chi connectivity index (χ1n) is 4.94. The number of H-pyrrole nitrogens is 1. The van der Waals surface area contributed by atoms with Crippen molar-refractivity contribution in [3.05, 3.63) is 6.20 Å². The molecule has 1 heterocycles. The Hall–Kier alpha value is -1.43. The van der Waals surface area contributed by atoms with E-state index in [1.54, 1.807) is 0 Å². The summed E-state index contributed by atoms with van der Waals surface area (Å²) in [6, 6.07) is 0. The lowest BCUT2D eigenvalue weighted by atomic mass is 10.1. The van der Waals surface area contributed by atoms with Gasteiger partial charge < -0.3 is 10.2 Å². The summed E-state index contributed by atoms with van der Waals surface area (Å²) in [6.45, 7) is 0.788. The molecule has 0 spiro atoms. The summed E-state index contributed by atoms with van der Waals surface area (Å²) in [5.41, 5.74) is -0.206. The van der Waals surface area contributed by atoms with Crippen LogP contribution in [0.1, 0.15) is 12.8 Å². The topological polar surface area (TPSA) is 73.9 Å². The Morgan fingerprint density at radius 3 is 2.87 bits per heavy atom. The van der Waals surface area contributed by atoms with Crippen LogP contribution in [-0.2, 0) is 4.79 Å². The summed E-state index contributed by atoms with van der Waals surface area (Å²) >= 11 is 0. The van der Waals surface area contributed by atoms with Crippen LogP contribution in [0.3, 0.4) is 0 Å². The fourth-order valence-electron chi connectivity index (χ4n) is 1.72. The third-order valence-corrected chi connectivity index (χ3v) is 2.61. The Morgan fingerprint density at radius 2 is 2.40 bits per heavy atom. The van der Waals surface area contributed by atoms with E-state index < -0.39 is 0 Å². The van der Waals surface area contributed by atoms with Crippen molar-refractivity contribution in [3.8, 4) is 0 Å². The Morgan fingerprint density at radius 1 is 1.67 bits per heavy atom. The van der Waals surface area contributed by atoms with E-state index in [0.29, 0.717) is 5.82 Å². The average molecular weight is 209 g/mol. The quantitative estimate of drug-likeness (QED) is 0.736. The predicted molar refractivity (Wildman–Crippen MR) is 55.2 cm³/mol. The van der Waals surface area contributed by atoms with Gasteiger partial charge in [-0.2, -0.15) is 10.3 Å². The second-order valence-electron chi connectivity index (χ2n) is 4.33. The van der Waals surface area contributed by atoms with Gasteiger partial charge in [0.15, 0.2) is 5.82 Å². The molecule has 0 atom stereocenters. The molecular weight excluding hydrogens is 194 g/mol. The van der Waals surface area contributed by atoms with Gasteiger partial charge in [-0.15, -0.1) is 5.10 Å². The van der Waals surface area contributed by atoms with E-state index in [1.807, 2.05) is 19.0 Å². The minimum Gasteiger partial charge on any atom is -0.308 e. The standard InChI is InChI=1S/C9H15N5O/c1-14(2)6-9(3-4-9)8(15)11-7-5-10-13-12-7/h5H,3-4,6H2,1-2H3,(H2,10,11,12,13,15). The summed E-state index contributed by atoms with van der Waals surface area (Å²) in [5.74, 6) is 0.537. The van der Waals surface area contributed by atoms with Crippen molar-refractivity contribution in [2.24, 2.45) is 5.41 Å². The number of hydrogen-bond acceptors (Lipinski definition) is 4. The van der Waals surface area contributed by atoms with Crippen molar-refractivity contribution in [1.29, 1.82) is 0 Å². The Kier molecular flexibility index (Phi) is 2.44. The molecule has 0 saturated heterocycles. The van der Waals surface area contributed by atoms with Crippen LogP contribution in [-0.4, -0.2) is 46.9 Å². The van der Waals surface area contributed by atoms with Gasteiger partial charge in [-0.05, 0) is 26.9 Å². The molecule has 1 aromatic heterocycles. The van der Waals surface area contributed by atoms with Gasteiger partial charge in [-0.1, -0.05) is 0 Å². The zero-order valence-corrected chi connectivity index (χ0v) is 8.95. The van der Waals surface area contributed by atoms with Crippen LogP contribution in [0.4, 0.5) is 5.82 Å². The maximum Gasteiger partial charge on any atom is 0.233 e. The van der Waals surface area contributed by atoms with Crippen LogP contribution in [0.15, 0.2) is 6.20 Å². The molecule has 0 aromatic carbocycles.